The van der Waals surface area contributed by atoms with Gasteiger partial charge >= 0.3 is 72.1 Å². The quantitative estimate of drug-likeness (QED) is 0.0833. The summed E-state index contributed by atoms with van der Waals surface area (Å²) in [5, 5.41) is 19.3. The SMILES string of the molecule is O=C1OC2(CCC3(CC2)OC(=O)C(=C/C=C/C=C/C2=C(O)OC(C(F)(F)F)(C(F)(F)F)OC2=O)C(=O)O3)OC(=O)C1=C/C=C/C=C/C1=C(O)OC(C(F)(F)F)(C(F)(F)F)OC1=O. The average molecular weight is 912 g/mol. The predicted octanol–water partition coefficient (Wildman–Crippen LogP) is 5.56. The summed E-state index contributed by atoms with van der Waals surface area (Å²) in [5.41, 5.74) is -4.05. The summed E-state index contributed by atoms with van der Waals surface area (Å²) in [6.07, 6.45) is -19.5. The molecule has 4 aliphatic heterocycles. The third kappa shape index (κ3) is 8.39. The largest absolute Gasteiger partial charge is 0.480 e. The number of carbonyl (C=O) groups excluding carboxylic acids is 6. The standard InChI is InChI=1S/C34H20F12O16/c35-31(36,37)29(32(38,39)40)59-23(51)17(24(52)60-29)9-5-1-3-7-15-19(47)55-27(56-20(15)48)11-13-28(14-12-27)57-21(49)16(22(50)58-28)8-4-2-6-10-18-25(53)61-30(33(41,42)43,34(44,45)46)62-26(18)54/h1-10,51,53H,11-14H2/b3-1+,4-2+,9-5+,10-6+,15-7?,16-8?. The minimum absolute atomic E-state index is 0.413. The second-order valence-electron chi connectivity index (χ2n) is 12.7. The monoisotopic (exact) mass is 912 g/mol. The lowest BCUT2D eigenvalue weighted by Crippen LogP contribution is -2.63. The molecule has 336 valence electrons. The molecule has 0 aromatic carbocycles. The lowest BCUT2D eigenvalue weighted by atomic mass is 9.87. The lowest BCUT2D eigenvalue weighted by molar-refractivity contribution is -0.456. The number of esters is 6. The summed E-state index contributed by atoms with van der Waals surface area (Å²) >= 11 is 0. The number of cyclic esters (lactones) is 2. The van der Waals surface area contributed by atoms with Crippen LogP contribution in [0.5, 0.6) is 0 Å². The van der Waals surface area contributed by atoms with Crippen molar-refractivity contribution in [2.24, 2.45) is 0 Å². The summed E-state index contributed by atoms with van der Waals surface area (Å²) in [4.78, 5) is 74.7. The van der Waals surface area contributed by atoms with Crippen LogP contribution in [-0.2, 0) is 66.7 Å². The fourth-order valence-corrected chi connectivity index (χ4v) is 5.56. The Kier molecular flexibility index (Phi) is 11.6. The summed E-state index contributed by atoms with van der Waals surface area (Å²) in [6, 6.07) is 0. The highest BCUT2D eigenvalue weighted by Gasteiger charge is 2.81. The summed E-state index contributed by atoms with van der Waals surface area (Å²) in [5.74, 6) is -28.7. The zero-order valence-corrected chi connectivity index (χ0v) is 29.7. The van der Waals surface area contributed by atoms with Crippen LogP contribution in [0.3, 0.4) is 0 Å². The van der Waals surface area contributed by atoms with Crippen molar-refractivity contribution in [1.29, 1.82) is 0 Å². The zero-order chi connectivity index (χ0) is 46.5. The van der Waals surface area contributed by atoms with Gasteiger partial charge in [-0.15, -0.1) is 0 Å². The van der Waals surface area contributed by atoms with Gasteiger partial charge in [-0.05, 0) is 24.3 Å². The van der Waals surface area contributed by atoms with E-state index in [0.717, 1.165) is 48.6 Å². The third-order valence-electron chi connectivity index (χ3n) is 8.61. The molecule has 28 heteroatoms. The predicted molar refractivity (Wildman–Crippen MR) is 164 cm³/mol. The normalized spacial score (nSPS) is 26.1. The van der Waals surface area contributed by atoms with Gasteiger partial charge in [0.15, 0.2) is 0 Å². The number of halogens is 12. The van der Waals surface area contributed by atoms with Crippen molar-refractivity contribution in [3.8, 4) is 0 Å². The number of aliphatic hydroxyl groups excluding tert-OH is 2. The summed E-state index contributed by atoms with van der Waals surface area (Å²) < 4.78 is 192. The van der Waals surface area contributed by atoms with E-state index >= 15 is 0 Å². The van der Waals surface area contributed by atoms with Crippen LogP contribution in [0.2, 0.25) is 0 Å². The molecule has 2 N–H and O–H groups in total. The number of allylic oxidation sites excluding steroid dienone is 8. The van der Waals surface area contributed by atoms with Gasteiger partial charge in [-0.2, -0.15) is 52.7 Å². The number of hydrogen-bond donors (Lipinski definition) is 2. The highest BCUT2D eigenvalue weighted by Crippen LogP contribution is 2.52. The van der Waals surface area contributed by atoms with Gasteiger partial charge in [-0.25, -0.2) is 28.8 Å². The molecule has 62 heavy (non-hydrogen) atoms. The van der Waals surface area contributed by atoms with E-state index in [1.165, 1.54) is 0 Å². The molecule has 0 unspecified atom stereocenters. The molecule has 0 radical (unpaired) electrons. The number of alkyl halides is 12. The van der Waals surface area contributed by atoms with E-state index in [9.17, 15) is 91.7 Å². The number of aliphatic hydroxyl groups is 2. The van der Waals surface area contributed by atoms with Gasteiger partial charge in [-0.3, -0.25) is 0 Å². The van der Waals surface area contributed by atoms with E-state index in [4.69, 9.17) is 18.9 Å². The van der Waals surface area contributed by atoms with E-state index in [1.807, 2.05) is 0 Å². The van der Waals surface area contributed by atoms with E-state index in [0.29, 0.717) is 12.2 Å². The van der Waals surface area contributed by atoms with Crippen molar-refractivity contribution in [3.05, 3.63) is 94.9 Å². The van der Waals surface area contributed by atoms with Crippen LogP contribution in [-0.4, -0.2) is 93.9 Å². The Labute approximate surface area is 334 Å². The molecule has 0 aromatic rings. The number of ether oxygens (including phenoxy) is 8. The molecule has 2 saturated heterocycles. The summed E-state index contributed by atoms with van der Waals surface area (Å²) in [6.45, 7) is 0. The van der Waals surface area contributed by atoms with Crippen LogP contribution in [0, 0.1) is 0 Å². The first-order chi connectivity index (χ1) is 28.4. The first kappa shape index (κ1) is 46.2. The molecule has 2 spiro atoms. The first-order valence-corrected chi connectivity index (χ1v) is 16.4. The Bertz CT molecular complexity index is 1980. The average Bonchev–Trinajstić information content (AvgIpc) is 3.11. The van der Waals surface area contributed by atoms with Gasteiger partial charge in [0, 0.05) is 25.7 Å². The van der Waals surface area contributed by atoms with Crippen molar-refractivity contribution in [2.75, 3.05) is 0 Å². The second-order valence-corrected chi connectivity index (χ2v) is 12.7. The Hall–Kier alpha value is -6.90. The van der Waals surface area contributed by atoms with Crippen LogP contribution in [0.15, 0.2) is 94.9 Å². The second kappa shape index (κ2) is 15.5. The third-order valence-corrected chi connectivity index (χ3v) is 8.61. The van der Waals surface area contributed by atoms with Crippen LogP contribution in [0.4, 0.5) is 52.7 Å². The Morgan fingerprint density at radius 2 is 0.661 bits per heavy atom. The molecule has 0 bridgehead atoms. The maximum Gasteiger partial charge on any atom is 0.478 e. The van der Waals surface area contributed by atoms with Gasteiger partial charge in [0.25, 0.3) is 23.5 Å². The first-order valence-electron chi connectivity index (χ1n) is 16.4. The minimum Gasteiger partial charge on any atom is -0.480 e. The fourth-order valence-electron chi connectivity index (χ4n) is 5.56. The molecule has 1 aliphatic carbocycles. The van der Waals surface area contributed by atoms with Crippen molar-refractivity contribution in [3.63, 3.8) is 0 Å². The van der Waals surface area contributed by atoms with Gasteiger partial charge in [-0.1, -0.05) is 36.5 Å². The molecule has 5 rings (SSSR count). The van der Waals surface area contributed by atoms with Crippen LogP contribution < -0.4 is 0 Å². The smallest absolute Gasteiger partial charge is 0.478 e. The van der Waals surface area contributed by atoms with Crippen molar-refractivity contribution >= 4 is 35.8 Å². The molecule has 0 atom stereocenters. The Balaban J connectivity index is 1.16. The van der Waals surface area contributed by atoms with E-state index < -0.39 is 144 Å². The molecular weight excluding hydrogens is 892 g/mol. The molecule has 0 amide bonds. The van der Waals surface area contributed by atoms with Gasteiger partial charge in [0.05, 0.1) is 0 Å². The van der Waals surface area contributed by atoms with Crippen molar-refractivity contribution < 1.29 is 130 Å². The Morgan fingerprint density at radius 3 is 0.903 bits per heavy atom. The molecule has 1 saturated carbocycles. The molecule has 5 aliphatic rings. The van der Waals surface area contributed by atoms with Gasteiger partial charge < -0.3 is 48.1 Å². The topological polar surface area (TPSA) is 217 Å². The van der Waals surface area contributed by atoms with Crippen LogP contribution in [0.25, 0.3) is 0 Å². The number of hydrogen-bond acceptors (Lipinski definition) is 16. The maximum absolute atomic E-state index is 13.1. The van der Waals surface area contributed by atoms with Crippen LogP contribution in [0.1, 0.15) is 25.7 Å². The van der Waals surface area contributed by atoms with Crippen molar-refractivity contribution in [2.45, 2.75) is 73.5 Å². The van der Waals surface area contributed by atoms with E-state index in [1.54, 1.807) is 0 Å². The highest BCUT2D eigenvalue weighted by molar-refractivity contribution is 6.16. The molecule has 0 aromatic heterocycles. The Morgan fingerprint density at radius 1 is 0.387 bits per heavy atom. The van der Waals surface area contributed by atoms with Gasteiger partial charge in [0.2, 0.25) is 0 Å². The molecular formula is C34H20F12O16. The minimum atomic E-state index is -6.36. The number of rotatable bonds is 6. The molecule has 3 fully saturated rings. The maximum atomic E-state index is 13.1. The fraction of sp³-hybridized carbons (Fsp3) is 0.353. The highest BCUT2D eigenvalue weighted by atomic mass is 19.4. The number of carbonyl (C=O) groups is 6. The zero-order valence-electron chi connectivity index (χ0n) is 29.7. The summed E-state index contributed by atoms with van der Waals surface area (Å²) in [7, 11) is 0. The van der Waals surface area contributed by atoms with Crippen molar-refractivity contribution in [1.82, 2.24) is 0 Å². The van der Waals surface area contributed by atoms with E-state index in [2.05, 4.69) is 18.9 Å². The van der Waals surface area contributed by atoms with Gasteiger partial charge in [0.1, 0.15) is 22.3 Å². The molecule has 16 nitrogen and oxygen atoms in total. The van der Waals surface area contributed by atoms with E-state index in [-0.39, 0.29) is 0 Å². The molecule has 4 heterocycles. The van der Waals surface area contributed by atoms with Crippen LogP contribution >= 0.6 is 0 Å². The lowest BCUT2D eigenvalue weighted by Gasteiger charge is -2.45.